The van der Waals surface area contributed by atoms with Gasteiger partial charge in [0.1, 0.15) is 0 Å². The average Bonchev–Trinajstić information content (AvgIpc) is 2.27. The van der Waals surface area contributed by atoms with Crippen LogP contribution in [0.1, 0.15) is 20.8 Å². The summed E-state index contributed by atoms with van der Waals surface area (Å²) < 4.78 is 0. The Kier molecular flexibility index (Phi) is 4.87. The fraction of sp³-hybridized carbons (Fsp3) is 0.909. The predicted octanol–water partition coefficient (Wildman–Crippen LogP) is 1.41. The number of rotatable bonds is 3. The molecule has 0 aromatic rings. The van der Waals surface area contributed by atoms with Crippen molar-refractivity contribution in [2.24, 2.45) is 5.92 Å². The molecule has 4 heteroatoms. The maximum absolute atomic E-state index is 11.8. The Hall–Kier alpha value is -0.280. The Morgan fingerprint density at radius 1 is 1.20 bits per heavy atom. The number of hydrogen-bond donors (Lipinski definition) is 0. The summed E-state index contributed by atoms with van der Waals surface area (Å²) in [7, 11) is 0. The summed E-state index contributed by atoms with van der Waals surface area (Å²) in [6.45, 7) is 9.94. The molecule has 1 fully saturated rings. The lowest BCUT2D eigenvalue weighted by molar-refractivity contribution is -0.136. The molecule has 1 aliphatic rings. The van der Waals surface area contributed by atoms with Crippen molar-refractivity contribution in [3.8, 4) is 0 Å². The van der Waals surface area contributed by atoms with Crippen molar-refractivity contribution in [2.75, 3.05) is 32.1 Å². The van der Waals surface area contributed by atoms with E-state index in [4.69, 9.17) is 11.6 Å². The van der Waals surface area contributed by atoms with Gasteiger partial charge in [-0.05, 0) is 13.8 Å². The highest BCUT2D eigenvalue weighted by Gasteiger charge is 2.24. The molecule has 1 saturated heterocycles. The van der Waals surface area contributed by atoms with Gasteiger partial charge >= 0.3 is 0 Å². The van der Waals surface area contributed by atoms with Crippen LogP contribution in [0, 0.1) is 5.92 Å². The van der Waals surface area contributed by atoms with Crippen molar-refractivity contribution >= 4 is 17.5 Å². The molecule has 0 radical (unpaired) electrons. The number of alkyl halides is 1. The summed E-state index contributed by atoms with van der Waals surface area (Å²) >= 11 is 5.69. The van der Waals surface area contributed by atoms with Gasteiger partial charge in [0.05, 0.1) is 0 Å². The molecular formula is C11H21ClN2O. The molecule has 0 N–H and O–H groups in total. The van der Waals surface area contributed by atoms with E-state index in [0.717, 1.165) is 26.2 Å². The summed E-state index contributed by atoms with van der Waals surface area (Å²) in [5.41, 5.74) is 0. The molecular weight excluding hydrogens is 212 g/mol. The molecule has 3 nitrogen and oxygen atoms in total. The molecule has 0 saturated carbocycles. The van der Waals surface area contributed by atoms with Crippen LogP contribution in [0.3, 0.4) is 0 Å². The molecule has 1 atom stereocenters. The van der Waals surface area contributed by atoms with Gasteiger partial charge < -0.3 is 4.90 Å². The summed E-state index contributed by atoms with van der Waals surface area (Å²) in [6, 6.07) is 0.577. The number of halogens is 1. The Morgan fingerprint density at radius 3 is 2.13 bits per heavy atom. The number of piperazine rings is 1. The van der Waals surface area contributed by atoms with Crippen LogP contribution in [0.4, 0.5) is 0 Å². The number of hydrogen-bond acceptors (Lipinski definition) is 2. The number of nitrogens with zero attached hydrogens (tertiary/aromatic N) is 2. The number of carbonyl (C=O) groups excluding carboxylic acids is 1. The smallest absolute Gasteiger partial charge is 0.226 e. The number of amides is 1. The van der Waals surface area contributed by atoms with E-state index in [1.54, 1.807) is 0 Å². The Labute approximate surface area is 97.4 Å². The summed E-state index contributed by atoms with van der Waals surface area (Å²) in [4.78, 5) is 16.2. The lowest BCUT2D eigenvalue weighted by Gasteiger charge is -2.37. The summed E-state index contributed by atoms with van der Waals surface area (Å²) in [5.74, 6) is 0.578. The molecule has 1 rings (SSSR count). The lowest BCUT2D eigenvalue weighted by atomic mass is 10.1. The van der Waals surface area contributed by atoms with Crippen LogP contribution in [-0.2, 0) is 4.79 Å². The van der Waals surface area contributed by atoms with Gasteiger partial charge in [0.2, 0.25) is 5.91 Å². The largest absolute Gasteiger partial charge is 0.340 e. The second kappa shape index (κ2) is 5.71. The quantitative estimate of drug-likeness (QED) is 0.688. The van der Waals surface area contributed by atoms with E-state index in [-0.39, 0.29) is 11.8 Å². The third kappa shape index (κ3) is 3.35. The van der Waals surface area contributed by atoms with Crippen LogP contribution >= 0.6 is 11.6 Å². The first-order chi connectivity index (χ1) is 7.06. The van der Waals surface area contributed by atoms with Gasteiger partial charge in [-0.25, -0.2) is 0 Å². The fourth-order valence-corrected chi connectivity index (χ4v) is 1.97. The minimum atomic E-state index is -0.0442. The van der Waals surface area contributed by atoms with Crippen molar-refractivity contribution in [2.45, 2.75) is 26.8 Å². The van der Waals surface area contributed by atoms with Crippen molar-refractivity contribution < 1.29 is 4.79 Å². The molecule has 0 aromatic heterocycles. The monoisotopic (exact) mass is 232 g/mol. The van der Waals surface area contributed by atoms with Crippen LogP contribution < -0.4 is 0 Å². The van der Waals surface area contributed by atoms with Crippen molar-refractivity contribution in [3.63, 3.8) is 0 Å². The highest BCUT2D eigenvalue weighted by molar-refractivity contribution is 6.19. The minimum Gasteiger partial charge on any atom is -0.340 e. The predicted molar refractivity (Wildman–Crippen MR) is 63.2 cm³/mol. The first kappa shape index (κ1) is 12.8. The van der Waals surface area contributed by atoms with Crippen LogP contribution in [0.5, 0.6) is 0 Å². The van der Waals surface area contributed by atoms with E-state index in [2.05, 4.69) is 18.7 Å². The van der Waals surface area contributed by atoms with Gasteiger partial charge in [-0.3, -0.25) is 9.69 Å². The highest BCUT2D eigenvalue weighted by Crippen LogP contribution is 2.10. The maximum atomic E-state index is 11.8. The second-order valence-corrected chi connectivity index (χ2v) is 4.82. The van der Waals surface area contributed by atoms with Crippen LogP contribution in [-0.4, -0.2) is 53.8 Å². The van der Waals surface area contributed by atoms with Gasteiger partial charge in [0.15, 0.2) is 0 Å². The van der Waals surface area contributed by atoms with E-state index in [1.807, 2.05) is 11.8 Å². The zero-order valence-corrected chi connectivity index (χ0v) is 10.6. The van der Waals surface area contributed by atoms with Crippen LogP contribution in [0.15, 0.2) is 0 Å². The molecule has 1 unspecified atom stereocenters. The topological polar surface area (TPSA) is 23.6 Å². The molecule has 0 aromatic carbocycles. The second-order valence-electron chi connectivity index (χ2n) is 4.51. The summed E-state index contributed by atoms with van der Waals surface area (Å²) in [6.07, 6.45) is 0. The first-order valence-electron chi connectivity index (χ1n) is 5.65. The van der Waals surface area contributed by atoms with E-state index < -0.39 is 0 Å². The molecule has 1 heterocycles. The SMILES string of the molecule is CC(CCl)C(=O)N1CCN(C(C)C)CC1. The zero-order valence-electron chi connectivity index (χ0n) is 9.87. The molecule has 15 heavy (non-hydrogen) atoms. The van der Waals surface area contributed by atoms with Crippen molar-refractivity contribution in [1.29, 1.82) is 0 Å². The van der Waals surface area contributed by atoms with Gasteiger partial charge in [-0.2, -0.15) is 0 Å². The van der Waals surface area contributed by atoms with E-state index in [9.17, 15) is 4.79 Å². The summed E-state index contributed by atoms with van der Waals surface area (Å²) in [5, 5.41) is 0. The zero-order chi connectivity index (χ0) is 11.4. The fourth-order valence-electron chi connectivity index (χ4n) is 1.84. The molecule has 0 spiro atoms. The molecule has 1 amide bonds. The third-order valence-corrected chi connectivity index (χ3v) is 3.47. The lowest BCUT2D eigenvalue weighted by Crippen LogP contribution is -2.52. The van der Waals surface area contributed by atoms with Gasteiger partial charge in [0, 0.05) is 44.0 Å². The van der Waals surface area contributed by atoms with Gasteiger partial charge in [0.25, 0.3) is 0 Å². The molecule has 0 aliphatic carbocycles. The van der Waals surface area contributed by atoms with E-state index in [0.29, 0.717) is 11.9 Å². The van der Waals surface area contributed by atoms with E-state index >= 15 is 0 Å². The Morgan fingerprint density at radius 2 is 1.73 bits per heavy atom. The third-order valence-electron chi connectivity index (χ3n) is 3.01. The highest BCUT2D eigenvalue weighted by atomic mass is 35.5. The van der Waals surface area contributed by atoms with Gasteiger partial charge in [-0.1, -0.05) is 6.92 Å². The normalized spacial score (nSPS) is 20.7. The van der Waals surface area contributed by atoms with Crippen molar-refractivity contribution in [3.05, 3.63) is 0 Å². The Balaban J connectivity index is 2.40. The van der Waals surface area contributed by atoms with Crippen molar-refractivity contribution in [1.82, 2.24) is 9.80 Å². The van der Waals surface area contributed by atoms with Gasteiger partial charge in [-0.15, -0.1) is 11.6 Å². The first-order valence-corrected chi connectivity index (χ1v) is 6.18. The van der Waals surface area contributed by atoms with E-state index in [1.165, 1.54) is 0 Å². The molecule has 1 aliphatic heterocycles. The van der Waals surface area contributed by atoms with Crippen LogP contribution in [0.2, 0.25) is 0 Å². The number of carbonyl (C=O) groups is 1. The minimum absolute atomic E-state index is 0.0442. The average molecular weight is 233 g/mol. The Bertz CT molecular complexity index is 213. The standard InChI is InChI=1S/C11H21ClN2O/c1-9(2)13-4-6-14(7-5-13)11(15)10(3)8-12/h9-10H,4-8H2,1-3H3. The van der Waals surface area contributed by atoms with Crippen LogP contribution in [0.25, 0.3) is 0 Å². The molecule has 88 valence electrons. The molecule has 0 bridgehead atoms. The maximum Gasteiger partial charge on any atom is 0.226 e.